The first-order chi connectivity index (χ1) is 12.8. The summed E-state index contributed by atoms with van der Waals surface area (Å²) in [6, 6.07) is 18.2. The summed E-state index contributed by atoms with van der Waals surface area (Å²) in [7, 11) is 0. The highest BCUT2D eigenvalue weighted by atomic mass is 16.5. The molecule has 2 heterocycles. The van der Waals surface area contributed by atoms with E-state index in [1.165, 1.54) is 0 Å². The molecule has 0 unspecified atom stereocenters. The quantitative estimate of drug-likeness (QED) is 0.593. The van der Waals surface area contributed by atoms with Crippen LogP contribution in [0.3, 0.4) is 0 Å². The van der Waals surface area contributed by atoms with Crippen LogP contribution in [-0.2, 0) is 4.79 Å². The zero-order valence-corrected chi connectivity index (χ0v) is 13.8. The SMILES string of the molecule is O=C(COc1ccccc1)Nc1ccc2oc(-c3ccncc3)nc2c1. The van der Waals surface area contributed by atoms with Gasteiger partial charge in [-0.1, -0.05) is 18.2 Å². The number of pyridine rings is 1. The van der Waals surface area contributed by atoms with Gasteiger partial charge in [0.15, 0.2) is 12.2 Å². The Bertz CT molecular complexity index is 1030. The van der Waals surface area contributed by atoms with Crippen LogP contribution in [0.5, 0.6) is 5.75 Å². The summed E-state index contributed by atoms with van der Waals surface area (Å²) in [6.45, 7) is -0.0663. The summed E-state index contributed by atoms with van der Waals surface area (Å²) in [5.74, 6) is 0.918. The number of oxazole rings is 1. The molecule has 0 bridgehead atoms. The molecule has 26 heavy (non-hydrogen) atoms. The molecule has 2 aromatic carbocycles. The Balaban J connectivity index is 1.46. The largest absolute Gasteiger partial charge is 0.484 e. The van der Waals surface area contributed by atoms with Gasteiger partial charge in [0.1, 0.15) is 11.3 Å². The molecular formula is C20H15N3O3. The molecule has 6 heteroatoms. The summed E-state index contributed by atoms with van der Waals surface area (Å²) in [4.78, 5) is 20.5. The van der Waals surface area contributed by atoms with Gasteiger partial charge in [-0.15, -0.1) is 0 Å². The van der Waals surface area contributed by atoms with Gasteiger partial charge in [-0.2, -0.15) is 0 Å². The lowest BCUT2D eigenvalue weighted by Gasteiger charge is -2.07. The molecule has 0 aliphatic carbocycles. The lowest BCUT2D eigenvalue weighted by molar-refractivity contribution is -0.118. The second-order valence-electron chi connectivity index (χ2n) is 5.59. The fourth-order valence-electron chi connectivity index (χ4n) is 2.49. The van der Waals surface area contributed by atoms with Crippen molar-refractivity contribution >= 4 is 22.7 Å². The van der Waals surface area contributed by atoms with Crippen molar-refractivity contribution in [2.45, 2.75) is 0 Å². The average molecular weight is 345 g/mol. The zero-order chi connectivity index (χ0) is 17.8. The number of benzene rings is 2. The summed E-state index contributed by atoms with van der Waals surface area (Å²) >= 11 is 0. The highest BCUT2D eigenvalue weighted by molar-refractivity contribution is 5.94. The van der Waals surface area contributed by atoms with Gasteiger partial charge in [-0.3, -0.25) is 9.78 Å². The number of carbonyl (C=O) groups is 1. The minimum absolute atomic E-state index is 0.0663. The Kier molecular flexibility index (Phi) is 4.30. The maximum Gasteiger partial charge on any atom is 0.262 e. The summed E-state index contributed by atoms with van der Waals surface area (Å²) in [5.41, 5.74) is 2.79. The first kappa shape index (κ1) is 15.8. The molecule has 6 nitrogen and oxygen atoms in total. The lowest BCUT2D eigenvalue weighted by Crippen LogP contribution is -2.20. The van der Waals surface area contributed by atoms with Gasteiger partial charge in [0.2, 0.25) is 5.89 Å². The van der Waals surface area contributed by atoms with E-state index in [0.717, 1.165) is 5.56 Å². The molecule has 0 fully saturated rings. The molecule has 0 saturated carbocycles. The molecule has 2 aromatic heterocycles. The van der Waals surface area contributed by atoms with Crippen LogP contribution in [0, 0.1) is 0 Å². The number of rotatable bonds is 5. The number of nitrogens with zero attached hydrogens (tertiary/aromatic N) is 2. The van der Waals surface area contributed by atoms with Crippen molar-refractivity contribution in [3.63, 3.8) is 0 Å². The van der Waals surface area contributed by atoms with E-state index < -0.39 is 0 Å². The standard InChI is InChI=1S/C20H15N3O3/c24-19(13-25-16-4-2-1-3-5-16)22-15-6-7-18-17(12-15)23-20(26-18)14-8-10-21-11-9-14/h1-12H,13H2,(H,22,24). The Hall–Kier alpha value is -3.67. The normalized spacial score (nSPS) is 10.6. The summed E-state index contributed by atoms with van der Waals surface area (Å²) < 4.78 is 11.2. The van der Waals surface area contributed by atoms with Gasteiger partial charge >= 0.3 is 0 Å². The minimum atomic E-state index is -0.244. The Morgan fingerprint density at radius 1 is 1.04 bits per heavy atom. The second kappa shape index (κ2) is 7.06. The average Bonchev–Trinajstić information content (AvgIpc) is 3.11. The van der Waals surface area contributed by atoms with Crippen molar-refractivity contribution in [3.05, 3.63) is 73.1 Å². The number of aromatic nitrogens is 2. The van der Waals surface area contributed by atoms with E-state index in [2.05, 4.69) is 15.3 Å². The molecule has 0 atom stereocenters. The van der Waals surface area contributed by atoms with Crippen molar-refractivity contribution in [1.82, 2.24) is 9.97 Å². The molecule has 0 saturated heterocycles. The highest BCUT2D eigenvalue weighted by Crippen LogP contribution is 2.25. The number of para-hydroxylation sites is 1. The minimum Gasteiger partial charge on any atom is -0.484 e. The Morgan fingerprint density at radius 2 is 1.85 bits per heavy atom. The first-order valence-corrected chi connectivity index (χ1v) is 8.07. The molecule has 0 spiro atoms. The molecule has 1 N–H and O–H groups in total. The molecule has 0 aliphatic heterocycles. The molecule has 0 radical (unpaired) electrons. The van der Waals surface area contributed by atoms with E-state index in [4.69, 9.17) is 9.15 Å². The predicted molar refractivity (Wildman–Crippen MR) is 97.8 cm³/mol. The fraction of sp³-hybridized carbons (Fsp3) is 0.0500. The van der Waals surface area contributed by atoms with Crippen molar-refractivity contribution in [2.24, 2.45) is 0 Å². The van der Waals surface area contributed by atoms with Crippen LogP contribution in [0.25, 0.3) is 22.6 Å². The van der Waals surface area contributed by atoms with Crippen LogP contribution < -0.4 is 10.1 Å². The molecule has 4 aromatic rings. The zero-order valence-electron chi connectivity index (χ0n) is 13.8. The number of carbonyl (C=O) groups excluding carboxylic acids is 1. The third-order valence-corrected chi connectivity index (χ3v) is 3.71. The van der Waals surface area contributed by atoms with Crippen LogP contribution >= 0.6 is 0 Å². The van der Waals surface area contributed by atoms with E-state index in [1.54, 1.807) is 42.7 Å². The van der Waals surface area contributed by atoms with Gasteiger partial charge in [0.25, 0.3) is 5.91 Å². The third kappa shape index (κ3) is 3.54. The van der Waals surface area contributed by atoms with E-state index in [9.17, 15) is 4.79 Å². The van der Waals surface area contributed by atoms with Crippen LogP contribution in [0.4, 0.5) is 5.69 Å². The number of hydrogen-bond donors (Lipinski definition) is 1. The smallest absolute Gasteiger partial charge is 0.262 e. The Morgan fingerprint density at radius 3 is 2.65 bits per heavy atom. The van der Waals surface area contributed by atoms with E-state index in [0.29, 0.717) is 28.4 Å². The lowest BCUT2D eigenvalue weighted by atomic mass is 10.2. The molecular weight excluding hydrogens is 330 g/mol. The number of anilines is 1. The van der Waals surface area contributed by atoms with E-state index >= 15 is 0 Å². The maximum atomic E-state index is 12.1. The molecule has 0 aliphatic rings. The van der Waals surface area contributed by atoms with Crippen molar-refractivity contribution in [2.75, 3.05) is 11.9 Å². The predicted octanol–water partition coefficient (Wildman–Crippen LogP) is 3.91. The number of amides is 1. The van der Waals surface area contributed by atoms with E-state index in [-0.39, 0.29) is 12.5 Å². The maximum absolute atomic E-state index is 12.1. The fourth-order valence-corrected chi connectivity index (χ4v) is 2.49. The van der Waals surface area contributed by atoms with Gasteiger partial charge < -0.3 is 14.5 Å². The topological polar surface area (TPSA) is 77.2 Å². The van der Waals surface area contributed by atoms with Gasteiger partial charge in [-0.05, 0) is 42.5 Å². The van der Waals surface area contributed by atoms with Gasteiger partial charge in [0, 0.05) is 23.6 Å². The molecule has 128 valence electrons. The second-order valence-corrected chi connectivity index (χ2v) is 5.59. The first-order valence-electron chi connectivity index (χ1n) is 8.07. The molecule has 4 rings (SSSR count). The Labute approximate surface area is 149 Å². The number of ether oxygens (including phenoxy) is 1. The number of nitrogens with one attached hydrogen (secondary N) is 1. The van der Waals surface area contributed by atoms with Crippen molar-refractivity contribution in [1.29, 1.82) is 0 Å². The van der Waals surface area contributed by atoms with Gasteiger partial charge in [0.05, 0.1) is 0 Å². The number of fused-ring (bicyclic) bond motifs is 1. The number of hydrogen-bond acceptors (Lipinski definition) is 5. The summed E-state index contributed by atoms with van der Waals surface area (Å²) in [5, 5.41) is 2.80. The van der Waals surface area contributed by atoms with Crippen LogP contribution in [0.2, 0.25) is 0 Å². The van der Waals surface area contributed by atoms with Gasteiger partial charge in [-0.25, -0.2) is 4.98 Å². The molecule has 1 amide bonds. The third-order valence-electron chi connectivity index (χ3n) is 3.71. The summed E-state index contributed by atoms with van der Waals surface area (Å²) in [6.07, 6.45) is 3.37. The van der Waals surface area contributed by atoms with Crippen LogP contribution in [-0.4, -0.2) is 22.5 Å². The van der Waals surface area contributed by atoms with E-state index in [1.807, 2.05) is 30.3 Å². The van der Waals surface area contributed by atoms with Crippen molar-refractivity contribution in [3.8, 4) is 17.2 Å². The monoisotopic (exact) mass is 345 g/mol. The van der Waals surface area contributed by atoms with Crippen molar-refractivity contribution < 1.29 is 13.9 Å². The van der Waals surface area contributed by atoms with Crippen LogP contribution in [0.1, 0.15) is 0 Å². The highest BCUT2D eigenvalue weighted by Gasteiger charge is 2.10. The van der Waals surface area contributed by atoms with Crippen LogP contribution in [0.15, 0.2) is 77.5 Å².